The number of nitrogens with two attached hydrogens (primary N) is 1. The number of nitrogens with zero attached hydrogens (tertiary/aromatic N) is 5. The molecule has 46 heavy (non-hydrogen) atoms. The van der Waals surface area contributed by atoms with E-state index in [-0.39, 0.29) is 66.1 Å². The van der Waals surface area contributed by atoms with E-state index >= 15 is 4.39 Å². The zero-order chi connectivity index (χ0) is 32.7. The maximum absolute atomic E-state index is 15.8. The van der Waals surface area contributed by atoms with Crippen molar-refractivity contribution in [2.45, 2.75) is 38.8 Å². The molecule has 3 aliphatic rings. The smallest absolute Gasteiger partial charge is 0.340 e. The summed E-state index contributed by atoms with van der Waals surface area (Å²) in [5.41, 5.74) is 8.63. The second kappa shape index (κ2) is 11.9. The van der Waals surface area contributed by atoms with Gasteiger partial charge >= 0.3 is 11.9 Å². The number of carboxylic acids is 1. The first-order valence-electron chi connectivity index (χ1n) is 15.0. The van der Waals surface area contributed by atoms with Crippen LogP contribution in [0, 0.1) is 17.1 Å². The van der Waals surface area contributed by atoms with Crippen LogP contribution < -0.4 is 21.0 Å². The van der Waals surface area contributed by atoms with Crippen molar-refractivity contribution >= 4 is 46.0 Å². The predicted molar refractivity (Wildman–Crippen MR) is 167 cm³/mol. The molecule has 5 heterocycles. The Labute approximate surface area is 262 Å². The van der Waals surface area contributed by atoms with Crippen molar-refractivity contribution in [1.82, 2.24) is 29.2 Å². The van der Waals surface area contributed by atoms with Crippen LogP contribution in [-0.4, -0.2) is 73.4 Å². The zero-order valence-electron chi connectivity index (χ0n) is 25.3. The fraction of sp³-hybridized carbons (Fsp3) is 0.355. The number of rotatable bonds is 10. The van der Waals surface area contributed by atoms with Crippen LogP contribution >= 0.6 is 0 Å². The van der Waals surface area contributed by atoms with Crippen molar-refractivity contribution in [3.8, 4) is 11.1 Å². The molecular formula is C31H35FN9O5+. The number of aromatic nitrogens is 4. The fourth-order valence-corrected chi connectivity index (χ4v) is 6.56. The number of aliphatic carboxylic acids is 1. The van der Waals surface area contributed by atoms with Gasteiger partial charge in [0.25, 0.3) is 0 Å². The van der Waals surface area contributed by atoms with Crippen LogP contribution in [0.15, 0.2) is 42.7 Å². The van der Waals surface area contributed by atoms with Crippen molar-refractivity contribution in [3.05, 3.63) is 59.8 Å². The highest BCUT2D eigenvalue weighted by atomic mass is 19.1. The first-order chi connectivity index (χ1) is 22.0. The Balaban J connectivity index is 1.32. The van der Waals surface area contributed by atoms with Gasteiger partial charge in [0.15, 0.2) is 0 Å². The van der Waals surface area contributed by atoms with E-state index in [0.29, 0.717) is 53.6 Å². The quantitative estimate of drug-likeness (QED) is 0.165. The third-order valence-electron chi connectivity index (χ3n) is 9.08. The molecule has 3 aliphatic heterocycles. The number of carbonyl (C=O) groups excluding carboxylic acids is 3. The Morgan fingerprint density at radius 2 is 1.91 bits per heavy atom. The highest BCUT2D eigenvalue weighted by molar-refractivity contribution is 6.11. The van der Waals surface area contributed by atoms with E-state index in [2.05, 4.69) is 15.7 Å². The van der Waals surface area contributed by atoms with E-state index in [4.69, 9.17) is 10.8 Å². The second-order valence-electron chi connectivity index (χ2n) is 11.8. The van der Waals surface area contributed by atoms with Gasteiger partial charge in [-0.2, -0.15) is 0 Å². The zero-order valence-corrected chi connectivity index (χ0v) is 25.3. The average Bonchev–Trinajstić information content (AvgIpc) is 3.44. The number of amides is 3. The molecule has 0 saturated carbocycles. The van der Waals surface area contributed by atoms with Crippen LogP contribution in [0.3, 0.4) is 0 Å². The van der Waals surface area contributed by atoms with Crippen molar-refractivity contribution < 1.29 is 28.7 Å². The molecule has 14 nitrogen and oxygen atoms in total. The van der Waals surface area contributed by atoms with E-state index in [9.17, 15) is 24.6 Å². The van der Waals surface area contributed by atoms with Crippen molar-refractivity contribution in [2.75, 3.05) is 25.0 Å². The van der Waals surface area contributed by atoms with Crippen LogP contribution in [0.1, 0.15) is 36.9 Å². The second-order valence-corrected chi connectivity index (χ2v) is 11.8. The van der Waals surface area contributed by atoms with Crippen LogP contribution in [0.5, 0.6) is 0 Å². The number of nitrogens with one attached hydrogen (secondary N) is 3. The molecule has 0 radical (unpaired) electrons. The molecular weight excluding hydrogens is 597 g/mol. The predicted octanol–water partition coefficient (Wildman–Crippen LogP) is 1.82. The number of hydrogen-bond donors (Lipinski definition) is 5. The Morgan fingerprint density at radius 3 is 2.61 bits per heavy atom. The van der Waals surface area contributed by atoms with Crippen LogP contribution in [0.25, 0.3) is 22.0 Å². The average molecular weight is 633 g/mol. The molecule has 1 saturated heterocycles. The number of hydrogen-bond acceptors (Lipinski definition) is 7. The van der Waals surface area contributed by atoms with E-state index in [1.54, 1.807) is 47.0 Å². The Morgan fingerprint density at radius 1 is 1.15 bits per heavy atom. The lowest BCUT2D eigenvalue weighted by Crippen LogP contribution is -2.66. The number of carbonyl (C=O) groups is 4. The van der Waals surface area contributed by atoms with Gasteiger partial charge in [-0.3, -0.25) is 23.7 Å². The first-order valence-corrected chi connectivity index (χ1v) is 15.0. The number of fused-ring (bicyclic) bond motifs is 2. The first kappa shape index (κ1) is 30.7. The largest absolute Gasteiger partial charge is 0.480 e. The molecule has 6 N–H and O–H groups in total. The summed E-state index contributed by atoms with van der Waals surface area (Å²) in [6, 6.07) is 8.25. The fourth-order valence-electron chi connectivity index (χ4n) is 6.56. The molecule has 2 aromatic heterocycles. The lowest BCUT2D eigenvalue weighted by molar-refractivity contribution is -0.141. The van der Waals surface area contributed by atoms with Gasteiger partial charge in [0, 0.05) is 66.3 Å². The Bertz CT molecular complexity index is 1900. The summed E-state index contributed by atoms with van der Waals surface area (Å²) in [5, 5.41) is 29.3. The lowest BCUT2D eigenvalue weighted by atomic mass is 9.83. The van der Waals surface area contributed by atoms with Gasteiger partial charge in [-0.05, 0) is 23.8 Å². The summed E-state index contributed by atoms with van der Waals surface area (Å²) in [7, 11) is 1.71. The Hall–Kier alpha value is -5.31. The SMILES string of the molecule is Cn1c(CNC(=O)CNc2cccc3c2C(=N)C2CC[N+](C(=O)CCC(N)=O)(CC2)n2ncc4cc(F)c-3cc42)cn1CC(=O)O. The van der Waals surface area contributed by atoms with Gasteiger partial charge < -0.3 is 26.9 Å². The van der Waals surface area contributed by atoms with Gasteiger partial charge in [-0.15, -0.1) is 9.69 Å². The number of piperidine rings is 1. The van der Waals surface area contributed by atoms with Crippen LogP contribution in [-0.2, 0) is 39.3 Å². The van der Waals surface area contributed by atoms with Crippen molar-refractivity contribution in [3.63, 3.8) is 0 Å². The molecule has 7 rings (SSSR count). The normalized spacial score (nSPS) is 18.7. The van der Waals surface area contributed by atoms with E-state index in [1.165, 1.54) is 16.9 Å². The summed E-state index contributed by atoms with van der Waals surface area (Å²) in [6.45, 7) is 0.566. The van der Waals surface area contributed by atoms with Gasteiger partial charge in [-0.25, -0.2) is 9.18 Å². The molecule has 0 unspecified atom stereocenters. The van der Waals surface area contributed by atoms with Crippen molar-refractivity contribution in [1.29, 1.82) is 5.41 Å². The van der Waals surface area contributed by atoms with Crippen molar-refractivity contribution in [2.24, 2.45) is 18.7 Å². The highest BCUT2D eigenvalue weighted by Crippen LogP contribution is 2.39. The molecule has 4 bridgehead atoms. The summed E-state index contributed by atoms with van der Waals surface area (Å²) < 4.78 is 18.8. The number of halogens is 1. The minimum absolute atomic E-state index is 0.0582. The number of carboxylic acid groups (broad SMARTS) is 1. The van der Waals surface area contributed by atoms with E-state index in [1.807, 2.05) is 0 Å². The molecule has 1 fully saturated rings. The third kappa shape index (κ3) is 5.42. The maximum Gasteiger partial charge on any atom is 0.340 e. The molecule has 0 atom stereocenters. The van der Waals surface area contributed by atoms with E-state index in [0.717, 1.165) is 5.69 Å². The maximum atomic E-state index is 15.8. The standard InChI is InChI=1S/C31H34FN9O5/c1-38-20(16-39(38)17-29(45)46)14-36-27(43)15-35-24-4-2-3-21-22-12-25-19(11-23(22)32)13-37-40(25)41(28(44)6-5-26(33)42)9-7-18(8-10-41)31(34)30(21)24/h2-4,11-13,16,18H,5-10,14-15,17H2,1H3,(H5-,33,34,35,36,42,43,45,46)/p+1. The van der Waals surface area contributed by atoms with E-state index < -0.39 is 17.7 Å². The van der Waals surface area contributed by atoms with Gasteiger partial charge in [-0.1, -0.05) is 16.9 Å². The number of benzene rings is 2. The molecule has 15 heteroatoms. The van der Waals surface area contributed by atoms with Gasteiger partial charge in [0.05, 0.1) is 31.4 Å². The van der Waals surface area contributed by atoms with Crippen LogP contribution in [0.2, 0.25) is 0 Å². The molecule has 4 aromatic rings. The molecule has 3 amide bonds. The molecule has 240 valence electrons. The summed E-state index contributed by atoms with van der Waals surface area (Å²) in [5.74, 6) is -2.85. The molecule has 0 spiro atoms. The minimum Gasteiger partial charge on any atom is -0.480 e. The number of anilines is 1. The summed E-state index contributed by atoms with van der Waals surface area (Å²) in [6.07, 6.45) is 3.97. The number of quaternary nitrogens is 1. The topological polar surface area (TPSA) is 190 Å². The van der Waals surface area contributed by atoms with Crippen LogP contribution in [0.4, 0.5) is 10.1 Å². The Kier molecular flexibility index (Phi) is 7.94. The lowest BCUT2D eigenvalue weighted by Gasteiger charge is -2.40. The third-order valence-corrected chi connectivity index (χ3v) is 9.08. The van der Waals surface area contributed by atoms with Gasteiger partial charge in [0.1, 0.15) is 31.0 Å². The monoisotopic (exact) mass is 632 g/mol. The van der Waals surface area contributed by atoms with Gasteiger partial charge in [0.2, 0.25) is 11.8 Å². The summed E-state index contributed by atoms with van der Waals surface area (Å²) in [4.78, 5) is 50.6. The summed E-state index contributed by atoms with van der Waals surface area (Å²) >= 11 is 0. The molecule has 2 aromatic carbocycles. The minimum atomic E-state index is -0.966. The number of primary amides is 1. The molecule has 0 aliphatic carbocycles. The highest BCUT2D eigenvalue weighted by Gasteiger charge is 2.46.